The summed E-state index contributed by atoms with van der Waals surface area (Å²) in [4.78, 5) is 23.8. The van der Waals surface area contributed by atoms with Crippen molar-refractivity contribution < 1.29 is 9.59 Å². The Morgan fingerprint density at radius 2 is 1.61 bits per heavy atom. The zero-order valence-corrected chi connectivity index (χ0v) is 13.5. The Bertz CT molecular complexity index is 649. The molecule has 4 heteroatoms. The molecule has 0 unspecified atom stereocenters. The van der Waals surface area contributed by atoms with Crippen molar-refractivity contribution in [2.45, 2.75) is 26.8 Å². The summed E-state index contributed by atoms with van der Waals surface area (Å²) in [5.41, 5.74) is 2.33. The fraction of sp³-hybridized carbons (Fsp3) is 0.263. The molecule has 0 aliphatic heterocycles. The molecule has 120 valence electrons. The van der Waals surface area contributed by atoms with Crippen molar-refractivity contribution in [2.24, 2.45) is 5.92 Å². The van der Waals surface area contributed by atoms with Crippen molar-refractivity contribution in [3.63, 3.8) is 0 Å². The number of carbonyl (C=O) groups excluding carboxylic acids is 2. The third kappa shape index (κ3) is 5.58. The van der Waals surface area contributed by atoms with E-state index in [9.17, 15) is 9.59 Å². The molecule has 0 heterocycles. The number of benzene rings is 2. The smallest absolute Gasteiger partial charge is 0.251 e. The molecule has 4 nitrogen and oxygen atoms in total. The maximum absolute atomic E-state index is 12.1. The van der Waals surface area contributed by atoms with Gasteiger partial charge in [0.05, 0.1) is 0 Å². The molecular weight excluding hydrogens is 288 g/mol. The Labute approximate surface area is 136 Å². The Balaban J connectivity index is 1.88. The highest BCUT2D eigenvalue weighted by atomic mass is 16.2. The number of hydrogen-bond acceptors (Lipinski definition) is 2. The number of carbonyl (C=O) groups is 2. The van der Waals surface area contributed by atoms with Crippen LogP contribution in [-0.4, -0.2) is 11.8 Å². The van der Waals surface area contributed by atoms with Gasteiger partial charge in [-0.25, -0.2) is 0 Å². The molecule has 0 aliphatic rings. The van der Waals surface area contributed by atoms with E-state index in [1.165, 1.54) is 0 Å². The summed E-state index contributed by atoms with van der Waals surface area (Å²) in [6, 6.07) is 16.7. The lowest BCUT2D eigenvalue weighted by Gasteiger charge is -2.09. The molecule has 0 spiro atoms. The molecule has 0 radical (unpaired) electrons. The molecule has 2 aromatic rings. The first-order valence-electron chi connectivity index (χ1n) is 7.76. The van der Waals surface area contributed by atoms with Gasteiger partial charge >= 0.3 is 0 Å². The van der Waals surface area contributed by atoms with Crippen molar-refractivity contribution in [2.75, 3.05) is 5.32 Å². The molecule has 0 aliphatic carbocycles. The van der Waals surface area contributed by atoms with Gasteiger partial charge in [-0.15, -0.1) is 0 Å². The highest BCUT2D eigenvalue weighted by molar-refractivity contribution is 5.95. The molecule has 0 atom stereocenters. The summed E-state index contributed by atoms with van der Waals surface area (Å²) < 4.78 is 0. The quantitative estimate of drug-likeness (QED) is 0.856. The Kier molecular flexibility index (Phi) is 5.92. The van der Waals surface area contributed by atoms with Crippen LogP contribution >= 0.6 is 0 Å². The molecule has 2 rings (SSSR count). The summed E-state index contributed by atoms with van der Waals surface area (Å²) in [5, 5.41) is 5.70. The first-order chi connectivity index (χ1) is 11.0. The normalized spacial score (nSPS) is 10.4. The maximum Gasteiger partial charge on any atom is 0.251 e. The van der Waals surface area contributed by atoms with Gasteiger partial charge in [-0.1, -0.05) is 44.2 Å². The van der Waals surface area contributed by atoms with Crippen LogP contribution in [-0.2, 0) is 11.3 Å². The topological polar surface area (TPSA) is 58.2 Å². The van der Waals surface area contributed by atoms with E-state index in [1.807, 2.05) is 44.2 Å². The average molecular weight is 310 g/mol. The van der Waals surface area contributed by atoms with Gasteiger partial charge in [0.1, 0.15) is 0 Å². The minimum absolute atomic E-state index is 0.0127. The van der Waals surface area contributed by atoms with Gasteiger partial charge in [0.2, 0.25) is 5.91 Å². The van der Waals surface area contributed by atoms with Crippen molar-refractivity contribution in [1.82, 2.24) is 5.32 Å². The second kappa shape index (κ2) is 8.13. The van der Waals surface area contributed by atoms with Crippen molar-refractivity contribution in [3.8, 4) is 0 Å². The number of rotatable bonds is 6. The molecule has 23 heavy (non-hydrogen) atoms. The van der Waals surface area contributed by atoms with Crippen LogP contribution in [0.15, 0.2) is 54.6 Å². The molecular formula is C19H22N2O2. The monoisotopic (exact) mass is 310 g/mol. The Morgan fingerprint density at radius 1 is 0.957 bits per heavy atom. The van der Waals surface area contributed by atoms with E-state index in [1.54, 1.807) is 24.3 Å². The third-order valence-electron chi connectivity index (χ3n) is 3.32. The highest BCUT2D eigenvalue weighted by Gasteiger charge is 2.07. The van der Waals surface area contributed by atoms with Crippen molar-refractivity contribution in [3.05, 3.63) is 65.7 Å². The van der Waals surface area contributed by atoms with Crippen LogP contribution in [0.3, 0.4) is 0 Å². The van der Waals surface area contributed by atoms with Gasteiger partial charge < -0.3 is 10.6 Å². The maximum atomic E-state index is 12.1. The lowest BCUT2D eigenvalue weighted by atomic mass is 10.1. The van der Waals surface area contributed by atoms with Gasteiger partial charge in [0.25, 0.3) is 5.91 Å². The molecule has 2 amide bonds. The largest absolute Gasteiger partial charge is 0.348 e. The highest BCUT2D eigenvalue weighted by Crippen LogP contribution is 2.11. The average Bonchev–Trinajstić information content (AvgIpc) is 2.53. The minimum Gasteiger partial charge on any atom is -0.348 e. The molecule has 2 aromatic carbocycles. The van der Waals surface area contributed by atoms with Crippen LogP contribution in [0.1, 0.15) is 36.2 Å². The van der Waals surface area contributed by atoms with E-state index >= 15 is 0 Å². The van der Waals surface area contributed by atoms with E-state index in [4.69, 9.17) is 0 Å². The molecule has 0 fully saturated rings. The third-order valence-corrected chi connectivity index (χ3v) is 3.32. The fourth-order valence-electron chi connectivity index (χ4n) is 2.17. The molecule has 0 bridgehead atoms. The lowest BCUT2D eigenvalue weighted by Crippen LogP contribution is -2.22. The van der Waals surface area contributed by atoms with Crippen LogP contribution in [0, 0.1) is 5.92 Å². The van der Waals surface area contributed by atoms with E-state index in [2.05, 4.69) is 10.6 Å². The van der Waals surface area contributed by atoms with Gasteiger partial charge in [0, 0.05) is 24.2 Å². The van der Waals surface area contributed by atoms with Crippen LogP contribution in [0.5, 0.6) is 0 Å². The SMILES string of the molecule is CC(C)CC(=O)Nc1ccc(C(=O)NCc2ccccc2)cc1. The molecule has 0 aromatic heterocycles. The van der Waals surface area contributed by atoms with E-state index in [-0.39, 0.29) is 11.8 Å². The first kappa shape index (κ1) is 16.7. The fourth-order valence-corrected chi connectivity index (χ4v) is 2.17. The Morgan fingerprint density at radius 3 is 2.22 bits per heavy atom. The zero-order chi connectivity index (χ0) is 16.7. The summed E-state index contributed by atoms with van der Waals surface area (Å²) in [6.07, 6.45) is 0.485. The van der Waals surface area contributed by atoms with Crippen LogP contribution in [0.4, 0.5) is 5.69 Å². The van der Waals surface area contributed by atoms with Gasteiger partial charge in [-0.2, -0.15) is 0 Å². The minimum atomic E-state index is -0.131. The van der Waals surface area contributed by atoms with Crippen LogP contribution in [0.2, 0.25) is 0 Å². The predicted octanol–water partition coefficient (Wildman–Crippen LogP) is 3.60. The number of amides is 2. The van der Waals surface area contributed by atoms with Gasteiger partial charge in [-0.3, -0.25) is 9.59 Å². The number of anilines is 1. The van der Waals surface area contributed by atoms with E-state index in [0.29, 0.717) is 30.1 Å². The summed E-state index contributed by atoms with van der Waals surface area (Å²) >= 11 is 0. The van der Waals surface area contributed by atoms with E-state index in [0.717, 1.165) is 5.56 Å². The number of hydrogen-bond donors (Lipinski definition) is 2. The second-order valence-electron chi connectivity index (χ2n) is 5.89. The summed E-state index contributed by atoms with van der Waals surface area (Å²) in [6.45, 7) is 4.49. The molecule has 2 N–H and O–H groups in total. The Hall–Kier alpha value is -2.62. The first-order valence-corrected chi connectivity index (χ1v) is 7.76. The second-order valence-corrected chi connectivity index (χ2v) is 5.89. The summed E-state index contributed by atoms with van der Waals surface area (Å²) in [5.74, 6) is 0.174. The molecule has 0 saturated heterocycles. The lowest BCUT2D eigenvalue weighted by molar-refractivity contribution is -0.116. The van der Waals surface area contributed by atoms with E-state index < -0.39 is 0 Å². The van der Waals surface area contributed by atoms with Crippen molar-refractivity contribution >= 4 is 17.5 Å². The van der Waals surface area contributed by atoms with Gasteiger partial charge in [0.15, 0.2) is 0 Å². The zero-order valence-electron chi connectivity index (χ0n) is 13.5. The summed E-state index contributed by atoms with van der Waals surface area (Å²) in [7, 11) is 0. The van der Waals surface area contributed by atoms with Crippen molar-refractivity contribution in [1.29, 1.82) is 0 Å². The van der Waals surface area contributed by atoms with Crippen LogP contribution < -0.4 is 10.6 Å². The molecule has 0 saturated carbocycles. The number of nitrogens with one attached hydrogen (secondary N) is 2. The van der Waals surface area contributed by atoms with Gasteiger partial charge in [-0.05, 0) is 35.7 Å². The van der Waals surface area contributed by atoms with Crippen LogP contribution in [0.25, 0.3) is 0 Å². The predicted molar refractivity (Wildman–Crippen MR) is 92.1 cm³/mol. The standard InChI is InChI=1S/C19H22N2O2/c1-14(2)12-18(22)21-17-10-8-16(9-11-17)19(23)20-13-15-6-4-3-5-7-15/h3-11,14H,12-13H2,1-2H3,(H,20,23)(H,21,22).